The number of rotatable bonds is 3. The summed E-state index contributed by atoms with van der Waals surface area (Å²) in [5, 5.41) is 10.4. The Balaban J connectivity index is 2.14. The minimum Gasteiger partial charge on any atom is -0.386 e. The van der Waals surface area contributed by atoms with Gasteiger partial charge in [-0.2, -0.15) is 0 Å². The molecule has 3 nitrogen and oxygen atoms in total. The number of hydrogen-bond acceptors (Lipinski definition) is 3. The van der Waals surface area contributed by atoms with Crippen molar-refractivity contribution in [2.75, 3.05) is 0 Å². The first-order valence-electron chi connectivity index (χ1n) is 5.04. The Morgan fingerprint density at radius 1 is 1.29 bits per heavy atom. The molecular weight excluding hydrogens is 243 g/mol. The summed E-state index contributed by atoms with van der Waals surface area (Å²) in [4.78, 5) is 7.68. The third-order valence-electron chi connectivity index (χ3n) is 2.36. The molecule has 0 fully saturated rings. The van der Waals surface area contributed by atoms with Crippen LogP contribution in [0.3, 0.4) is 0 Å². The van der Waals surface area contributed by atoms with E-state index in [0.29, 0.717) is 17.1 Å². The van der Waals surface area contributed by atoms with E-state index >= 15 is 0 Å². The summed E-state index contributed by atoms with van der Waals surface area (Å²) in [7, 11) is 0. The van der Waals surface area contributed by atoms with Crippen LogP contribution in [0.4, 0.5) is 4.39 Å². The average molecular weight is 253 g/mol. The minimum atomic E-state index is -0.810. The standard InChI is InChI=1S/C12H10ClFN2O/c13-10-7-15-4-3-8(10)5-12(17)11-2-1-9(14)6-16-11/h1-4,6-7,12,17H,5H2. The fourth-order valence-electron chi connectivity index (χ4n) is 1.47. The number of nitrogens with zero attached hydrogens (tertiary/aromatic N) is 2. The quantitative estimate of drug-likeness (QED) is 0.913. The zero-order chi connectivity index (χ0) is 12.3. The van der Waals surface area contributed by atoms with Gasteiger partial charge in [-0.1, -0.05) is 11.6 Å². The van der Waals surface area contributed by atoms with Crippen LogP contribution in [0.2, 0.25) is 5.02 Å². The Kier molecular flexibility index (Phi) is 3.66. The number of aliphatic hydroxyl groups is 1. The second-order valence-corrected chi connectivity index (χ2v) is 4.00. The highest BCUT2D eigenvalue weighted by atomic mass is 35.5. The molecule has 88 valence electrons. The Labute approximate surface area is 103 Å². The van der Waals surface area contributed by atoms with E-state index in [0.717, 1.165) is 11.8 Å². The summed E-state index contributed by atoms with van der Waals surface area (Å²) >= 11 is 5.93. The molecule has 0 radical (unpaired) electrons. The van der Waals surface area contributed by atoms with E-state index in [4.69, 9.17) is 11.6 Å². The van der Waals surface area contributed by atoms with Gasteiger partial charge < -0.3 is 5.11 Å². The molecule has 2 aromatic rings. The number of pyridine rings is 2. The van der Waals surface area contributed by atoms with Gasteiger partial charge in [-0.3, -0.25) is 9.97 Å². The highest BCUT2D eigenvalue weighted by Crippen LogP contribution is 2.21. The van der Waals surface area contributed by atoms with Gasteiger partial charge in [0.1, 0.15) is 11.9 Å². The normalized spacial score (nSPS) is 12.4. The van der Waals surface area contributed by atoms with Crippen molar-refractivity contribution in [3.05, 3.63) is 58.9 Å². The van der Waals surface area contributed by atoms with Gasteiger partial charge in [0.15, 0.2) is 0 Å². The number of aliphatic hydroxyl groups excluding tert-OH is 1. The molecule has 0 aliphatic carbocycles. The van der Waals surface area contributed by atoms with Gasteiger partial charge in [-0.05, 0) is 23.8 Å². The first-order valence-corrected chi connectivity index (χ1v) is 5.42. The van der Waals surface area contributed by atoms with Crippen LogP contribution in [0.1, 0.15) is 17.4 Å². The van der Waals surface area contributed by atoms with E-state index < -0.39 is 11.9 Å². The van der Waals surface area contributed by atoms with Gasteiger partial charge in [-0.25, -0.2) is 4.39 Å². The summed E-state index contributed by atoms with van der Waals surface area (Å²) in [5.41, 5.74) is 1.19. The number of hydrogen-bond donors (Lipinski definition) is 1. The van der Waals surface area contributed by atoms with Gasteiger partial charge in [0.25, 0.3) is 0 Å². The lowest BCUT2D eigenvalue weighted by Crippen LogP contribution is -2.04. The van der Waals surface area contributed by atoms with E-state index in [1.165, 1.54) is 18.3 Å². The van der Waals surface area contributed by atoms with Crippen LogP contribution in [-0.4, -0.2) is 15.1 Å². The van der Waals surface area contributed by atoms with Gasteiger partial charge in [-0.15, -0.1) is 0 Å². The number of aromatic nitrogens is 2. The van der Waals surface area contributed by atoms with Crippen LogP contribution in [-0.2, 0) is 6.42 Å². The van der Waals surface area contributed by atoms with Crippen molar-refractivity contribution >= 4 is 11.6 Å². The third kappa shape index (κ3) is 2.99. The highest BCUT2D eigenvalue weighted by Gasteiger charge is 2.12. The van der Waals surface area contributed by atoms with Crippen LogP contribution >= 0.6 is 11.6 Å². The summed E-state index contributed by atoms with van der Waals surface area (Å²) < 4.78 is 12.7. The Hall–Kier alpha value is -1.52. The van der Waals surface area contributed by atoms with Crippen molar-refractivity contribution in [1.82, 2.24) is 9.97 Å². The Morgan fingerprint density at radius 2 is 2.12 bits per heavy atom. The summed E-state index contributed by atoms with van der Waals surface area (Å²) in [6.45, 7) is 0. The summed E-state index contributed by atoms with van der Waals surface area (Å²) in [5.74, 6) is -0.428. The molecule has 0 aliphatic rings. The van der Waals surface area contributed by atoms with Crippen molar-refractivity contribution < 1.29 is 9.50 Å². The van der Waals surface area contributed by atoms with Crippen LogP contribution < -0.4 is 0 Å². The van der Waals surface area contributed by atoms with E-state index in [1.54, 1.807) is 12.3 Å². The van der Waals surface area contributed by atoms with Crippen LogP contribution in [0.15, 0.2) is 36.8 Å². The number of halogens is 2. The molecular formula is C12H10ClFN2O. The van der Waals surface area contributed by atoms with Crippen molar-refractivity contribution in [2.24, 2.45) is 0 Å². The van der Waals surface area contributed by atoms with E-state index in [9.17, 15) is 9.50 Å². The molecule has 2 aromatic heterocycles. The molecule has 1 N–H and O–H groups in total. The average Bonchev–Trinajstić information content (AvgIpc) is 2.33. The molecule has 1 atom stereocenters. The topological polar surface area (TPSA) is 46.0 Å². The predicted molar refractivity (Wildman–Crippen MR) is 62.1 cm³/mol. The monoisotopic (exact) mass is 252 g/mol. The molecule has 2 rings (SSSR count). The molecule has 2 heterocycles. The fourth-order valence-corrected chi connectivity index (χ4v) is 1.66. The first kappa shape index (κ1) is 12.0. The van der Waals surface area contributed by atoms with Gasteiger partial charge in [0.05, 0.1) is 16.9 Å². The third-order valence-corrected chi connectivity index (χ3v) is 2.70. The van der Waals surface area contributed by atoms with Gasteiger partial charge in [0, 0.05) is 18.8 Å². The first-order chi connectivity index (χ1) is 8.16. The fraction of sp³-hybridized carbons (Fsp3) is 0.167. The lowest BCUT2D eigenvalue weighted by molar-refractivity contribution is 0.173. The van der Waals surface area contributed by atoms with E-state index in [1.807, 2.05) is 0 Å². The molecule has 0 bridgehead atoms. The second-order valence-electron chi connectivity index (χ2n) is 3.59. The SMILES string of the molecule is OC(Cc1ccncc1Cl)c1ccc(F)cn1. The van der Waals surface area contributed by atoms with E-state index in [-0.39, 0.29) is 0 Å². The van der Waals surface area contributed by atoms with E-state index in [2.05, 4.69) is 9.97 Å². The molecule has 0 saturated heterocycles. The molecule has 0 spiro atoms. The maximum absolute atomic E-state index is 12.7. The zero-order valence-corrected chi connectivity index (χ0v) is 9.60. The predicted octanol–water partition coefficient (Wildman–Crippen LogP) is 2.55. The van der Waals surface area contributed by atoms with Crippen LogP contribution in [0.5, 0.6) is 0 Å². The zero-order valence-electron chi connectivity index (χ0n) is 8.85. The molecule has 0 aliphatic heterocycles. The Bertz CT molecular complexity index is 504. The lowest BCUT2D eigenvalue weighted by atomic mass is 10.1. The van der Waals surface area contributed by atoms with Gasteiger partial charge >= 0.3 is 0 Å². The molecule has 0 saturated carbocycles. The maximum atomic E-state index is 12.7. The summed E-state index contributed by atoms with van der Waals surface area (Å²) in [6.07, 6.45) is 3.70. The van der Waals surface area contributed by atoms with Crippen molar-refractivity contribution in [2.45, 2.75) is 12.5 Å². The molecule has 17 heavy (non-hydrogen) atoms. The van der Waals surface area contributed by atoms with Crippen LogP contribution in [0.25, 0.3) is 0 Å². The lowest BCUT2D eigenvalue weighted by Gasteiger charge is -2.10. The van der Waals surface area contributed by atoms with Crippen molar-refractivity contribution in [3.63, 3.8) is 0 Å². The molecule has 5 heteroatoms. The molecule has 0 aromatic carbocycles. The largest absolute Gasteiger partial charge is 0.386 e. The Morgan fingerprint density at radius 3 is 2.76 bits per heavy atom. The highest BCUT2D eigenvalue weighted by molar-refractivity contribution is 6.31. The van der Waals surface area contributed by atoms with Crippen molar-refractivity contribution in [3.8, 4) is 0 Å². The van der Waals surface area contributed by atoms with Crippen molar-refractivity contribution in [1.29, 1.82) is 0 Å². The summed E-state index contributed by atoms with van der Waals surface area (Å²) in [6, 6.07) is 4.45. The maximum Gasteiger partial charge on any atom is 0.141 e. The molecule has 0 amide bonds. The smallest absolute Gasteiger partial charge is 0.141 e. The van der Waals surface area contributed by atoms with Gasteiger partial charge in [0.2, 0.25) is 0 Å². The second kappa shape index (κ2) is 5.21. The molecule has 1 unspecified atom stereocenters. The van der Waals surface area contributed by atoms with Crippen LogP contribution in [0, 0.1) is 5.82 Å². The minimum absolute atomic E-state index is 0.319.